The number of hydrogen-bond donors (Lipinski definition) is 2. The number of ether oxygens (including phenoxy) is 1. The van der Waals surface area contributed by atoms with Crippen LogP contribution < -0.4 is 5.32 Å². The van der Waals surface area contributed by atoms with Gasteiger partial charge in [0.15, 0.2) is 0 Å². The number of benzene rings is 2. The monoisotopic (exact) mass is 459 g/mol. The third-order valence-corrected chi connectivity index (χ3v) is 5.83. The van der Waals surface area contributed by atoms with E-state index in [1.54, 1.807) is 25.5 Å². The van der Waals surface area contributed by atoms with Gasteiger partial charge in [0.2, 0.25) is 5.91 Å². The Hall–Kier alpha value is -4.20. The van der Waals surface area contributed by atoms with Gasteiger partial charge in [0.25, 0.3) is 0 Å². The number of hydrogen-bond acceptors (Lipinski definition) is 5. The summed E-state index contributed by atoms with van der Waals surface area (Å²) in [6.07, 6.45) is 1.85. The van der Waals surface area contributed by atoms with Gasteiger partial charge in [-0.3, -0.25) is 14.6 Å². The normalized spacial score (nSPS) is 12.9. The molecule has 0 aliphatic heterocycles. The topological polar surface area (TPSA) is 109 Å². The van der Waals surface area contributed by atoms with E-state index >= 15 is 0 Å². The lowest BCUT2D eigenvalue weighted by molar-refractivity contribution is -0.142. The van der Waals surface area contributed by atoms with Crippen LogP contribution in [-0.2, 0) is 20.9 Å². The number of aliphatic carboxylic acids is 1. The Balaban J connectivity index is 1.42. The van der Waals surface area contributed by atoms with Crippen LogP contribution in [0.1, 0.15) is 29.0 Å². The highest BCUT2D eigenvalue weighted by molar-refractivity contribution is 5.89. The van der Waals surface area contributed by atoms with Crippen LogP contribution in [0.3, 0.4) is 0 Å². The molecule has 0 bridgehead atoms. The maximum Gasteiger partial charge on any atom is 0.407 e. The van der Waals surface area contributed by atoms with Gasteiger partial charge in [0, 0.05) is 31.9 Å². The zero-order valence-corrected chi connectivity index (χ0v) is 18.7. The minimum atomic E-state index is -1.25. The summed E-state index contributed by atoms with van der Waals surface area (Å²) < 4.78 is 5.48. The number of fused-ring (bicyclic) bond motifs is 3. The van der Waals surface area contributed by atoms with E-state index in [4.69, 9.17) is 4.74 Å². The minimum Gasteiger partial charge on any atom is -0.481 e. The molecule has 4 rings (SSSR count). The number of rotatable bonds is 8. The van der Waals surface area contributed by atoms with E-state index < -0.39 is 30.4 Å². The van der Waals surface area contributed by atoms with Gasteiger partial charge < -0.3 is 20.1 Å². The number of carbonyl (C=O) groups excluding carboxylic acids is 2. The SMILES string of the molecule is CN(Cc1cccnc1)C(=O)C(CC(=O)O)NC(=O)OCC1c2ccccc2-c2ccccc21. The fourth-order valence-electron chi connectivity index (χ4n) is 4.27. The van der Waals surface area contributed by atoms with Crippen molar-refractivity contribution in [1.29, 1.82) is 0 Å². The molecule has 0 radical (unpaired) electrons. The lowest BCUT2D eigenvalue weighted by atomic mass is 9.98. The molecule has 1 aliphatic rings. The molecule has 2 amide bonds. The van der Waals surface area contributed by atoms with Gasteiger partial charge in [0.1, 0.15) is 12.6 Å². The molecule has 1 unspecified atom stereocenters. The van der Waals surface area contributed by atoms with E-state index in [9.17, 15) is 19.5 Å². The maximum absolute atomic E-state index is 12.9. The van der Waals surface area contributed by atoms with Crippen molar-refractivity contribution in [3.63, 3.8) is 0 Å². The van der Waals surface area contributed by atoms with Crippen LogP contribution in [0.5, 0.6) is 0 Å². The largest absolute Gasteiger partial charge is 0.481 e. The zero-order chi connectivity index (χ0) is 24.1. The lowest BCUT2D eigenvalue weighted by Gasteiger charge is -2.24. The van der Waals surface area contributed by atoms with Gasteiger partial charge in [-0.15, -0.1) is 0 Å². The van der Waals surface area contributed by atoms with E-state index in [1.165, 1.54) is 4.90 Å². The summed E-state index contributed by atoms with van der Waals surface area (Å²) >= 11 is 0. The van der Waals surface area contributed by atoms with Crippen LogP contribution in [0.25, 0.3) is 11.1 Å². The van der Waals surface area contributed by atoms with Crippen LogP contribution in [0, 0.1) is 0 Å². The fourth-order valence-corrected chi connectivity index (χ4v) is 4.27. The Morgan fingerprint density at radius 2 is 1.68 bits per heavy atom. The number of carboxylic acid groups (broad SMARTS) is 1. The second-order valence-electron chi connectivity index (χ2n) is 8.18. The average Bonchev–Trinajstić information content (AvgIpc) is 3.16. The molecule has 3 aromatic rings. The van der Waals surface area contributed by atoms with Gasteiger partial charge in [-0.2, -0.15) is 0 Å². The zero-order valence-electron chi connectivity index (χ0n) is 18.7. The van der Waals surface area contributed by atoms with Crippen molar-refractivity contribution in [3.8, 4) is 11.1 Å². The van der Waals surface area contributed by atoms with Gasteiger partial charge in [-0.1, -0.05) is 54.6 Å². The number of aromatic nitrogens is 1. The van der Waals surface area contributed by atoms with Crippen LogP contribution in [0.4, 0.5) is 4.79 Å². The number of alkyl carbamates (subject to hydrolysis) is 1. The molecule has 1 atom stereocenters. The first-order valence-corrected chi connectivity index (χ1v) is 10.9. The quantitative estimate of drug-likeness (QED) is 0.534. The molecule has 0 saturated carbocycles. The Kier molecular flexibility index (Phi) is 6.87. The van der Waals surface area contributed by atoms with Crippen LogP contribution in [0.2, 0.25) is 0 Å². The molecule has 8 nitrogen and oxygen atoms in total. The molecule has 0 spiro atoms. The van der Waals surface area contributed by atoms with Crippen molar-refractivity contribution in [3.05, 3.63) is 89.7 Å². The summed E-state index contributed by atoms with van der Waals surface area (Å²) in [6, 6.07) is 18.2. The summed E-state index contributed by atoms with van der Waals surface area (Å²) in [6.45, 7) is 0.300. The van der Waals surface area contributed by atoms with E-state index in [0.29, 0.717) is 0 Å². The minimum absolute atomic E-state index is 0.0688. The Morgan fingerprint density at radius 3 is 2.26 bits per heavy atom. The van der Waals surface area contributed by atoms with Crippen LogP contribution in [0.15, 0.2) is 73.1 Å². The Bertz CT molecular complexity index is 1150. The maximum atomic E-state index is 12.9. The van der Waals surface area contributed by atoms with E-state index in [1.807, 2.05) is 54.6 Å². The Morgan fingerprint density at radius 1 is 1.03 bits per heavy atom. The van der Waals surface area contributed by atoms with E-state index in [2.05, 4.69) is 10.3 Å². The number of likely N-dealkylation sites (N-methyl/N-ethyl adjacent to an activating group) is 1. The first-order valence-electron chi connectivity index (χ1n) is 10.9. The van der Waals surface area contributed by atoms with Crippen molar-refractivity contribution in [2.75, 3.05) is 13.7 Å². The van der Waals surface area contributed by atoms with Crippen molar-refractivity contribution in [2.45, 2.75) is 24.9 Å². The molecule has 0 saturated heterocycles. The van der Waals surface area contributed by atoms with Crippen LogP contribution >= 0.6 is 0 Å². The first-order chi connectivity index (χ1) is 16.4. The first kappa shape index (κ1) is 23.0. The highest BCUT2D eigenvalue weighted by Crippen LogP contribution is 2.44. The molecule has 174 valence electrons. The highest BCUT2D eigenvalue weighted by Gasteiger charge is 2.31. The van der Waals surface area contributed by atoms with Crippen molar-refractivity contribution >= 4 is 18.0 Å². The fraction of sp³-hybridized carbons (Fsp3) is 0.231. The molecule has 2 aromatic carbocycles. The third kappa shape index (κ3) is 5.06. The number of amides is 2. The number of nitrogens with zero attached hydrogens (tertiary/aromatic N) is 2. The summed E-state index contributed by atoms with van der Waals surface area (Å²) in [4.78, 5) is 42.2. The summed E-state index contributed by atoms with van der Waals surface area (Å²) in [7, 11) is 1.55. The molecular formula is C26H25N3O5. The van der Waals surface area contributed by atoms with E-state index in [-0.39, 0.29) is 19.1 Å². The highest BCUT2D eigenvalue weighted by atomic mass is 16.5. The molecule has 1 aromatic heterocycles. The van der Waals surface area contributed by atoms with Crippen molar-refractivity contribution < 1.29 is 24.2 Å². The van der Waals surface area contributed by atoms with Crippen LogP contribution in [-0.4, -0.2) is 52.7 Å². The molecule has 0 fully saturated rings. The molecule has 2 N–H and O–H groups in total. The Labute approximate surface area is 197 Å². The second kappa shape index (κ2) is 10.2. The second-order valence-corrected chi connectivity index (χ2v) is 8.18. The molecule has 1 aliphatic carbocycles. The molecular weight excluding hydrogens is 434 g/mol. The summed E-state index contributed by atoms with van der Waals surface area (Å²) in [5.74, 6) is -1.87. The van der Waals surface area contributed by atoms with Gasteiger partial charge in [-0.25, -0.2) is 4.79 Å². The molecule has 1 heterocycles. The smallest absolute Gasteiger partial charge is 0.407 e. The van der Waals surface area contributed by atoms with Crippen molar-refractivity contribution in [2.24, 2.45) is 0 Å². The van der Waals surface area contributed by atoms with Gasteiger partial charge >= 0.3 is 12.1 Å². The van der Waals surface area contributed by atoms with Gasteiger partial charge in [0.05, 0.1) is 6.42 Å². The molecule has 8 heteroatoms. The van der Waals surface area contributed by atoms with Crippen molar-refractivity contribution in [1.82, 2.24) is 15.2 Å². The molecule has 34 heavy (non-hydrogen) atoms. The number of carbonyl (C=O) groups is 3. The average molecular weight is 460 g/mol. The number of nitrogens with one attached hydrogen (secondary N) is 1. The summed E-state index contributed by atoms with van der Waals surface area (Å²) in [5, 5.41) is 11.7. The predicted molar refractivity (Wildman–Crippen MR) is 125 cm³/mol. The van der Waals surface area contributed by atoms with Gasteiger partial charge in [-0.05, 0) is 33.9 Å². The number of carboxylic acids is 1. The summed E-state index contributed by atoms with van der Waals surface area (Å²) in [5.41, 5.74) is 5.11. The standard InChI is InChI=1S/C26H25N3O5/c1-29(15-17-7-6-12-27-14-17)25(32)23(13-24(30)31)28-26(33)34-16-22-20-10-4-2-8-18(20)19-9-3-5-11-21(19)22/h2-12,14,22-23H,13,15-16H2,1H3,(H,28,33)(H,30,31). The van der Waals surface area contributed by atoms with E-state index in [0.717, 1.165) is 27.8 Å². The number of pyridine rings is 1. The lowest BCUT2D eigenvalue weighted by Crippen LogP contribution is -2.48. The predicted octanol–water partition coefficient (Wildman–Crippen LogP) is 3.42. The third-order valence-electron chi connectivity index (χ3n) is 5.83.